The van der Waals surface area contributed by atoms with Gasteiger partial charge in [-0.15, -0.1) is 23.7 Å². The monoisotopic (exact) mass is 436 g/mol. The van der Waals surface area contributed by atoms with Crippen LogP contribution < -0.4 is 10.5 Å². The summed E-state index contributed by atoms with van der Waals surface area (Å²) in [5.74, 6) is 0.464. The van der Waals surface area contributed by atoms with Crippen LogP contribution >= 0.6 is 35.3 Å². The van der Waals surface area contributed by atoms with Crippen LogP contribution in [0.1, 0.15) is 20.8 Å². The molecule has 0 bridgehead atoms. The van der Waals surface area contributed by atoms with Crippen LogP contribution in [-0.2, 0) is 13.2 Å². The Bertz CT molecular complexity index is 873. The molecule has 0 aliphatic carbocycles. The minimum atomic E-state index is -0.0923. The first kappa shape index (κ1) is 22.2. The highest BCUT2D eigenvalue weighted by Gasteiger charge is 2.17. The van der Waals surface area contributed by atoms with Gasteiger partial charge < -0.3 is 15.4 Å². The van der Waals surface area contributed by atoms with E-state index in [9.17, 15) is 4.79 Å². The minimum Gasteiger partial charge on any atom is -0.487 e. The standard InChI is InChI=1S/C21H21ClN2O2S.ClH/c22-19-13-17(8-9-20(19)26-15-16-5-2-1-3-6-16)21(25)24(11-10-23)14-18-7-4-12-27-18;/h1-9,12-13H,10-11,14-15,23H2;1H. The molecule has 148 valence electrons. The van der Waals surface area contributed by atoms with Gasteiger partial charge in [0.2, 0.25) is 0 Å². The molecule has 0 saturated carbocycles. The second kappa shape index (κ2) is 11.1. The van der Waals surface area contributed by atoms with E-state index >= 15 is 0 Å². The zero-order chi connectivity index (χ0) is 19.1. The molecule has 0 spiro atoms. The molecule has 0 fully saturated rings. The lowest BCUT2D eigenvalue weighted by Crippen LogP contribution is -2.34. The number of ether oxygens (including phenoxy) is 1. The molecule has 7 heteroatoms. The lowest BCUT2D eigenvalue weighted by Gasteiger charge is -2.22. The molecule has 0 atom stereocenters. The smallest absolute Gasteiger partial charge is 0.254 e. The van der Waals surface area contributed by atoms with E-state index in [1.165, 1.54) is 0 Å². The van der Waals surface area contributed by atoms with Gasteiger partial charge >= 0.3 is 0 Å². The number of nitrogens with zero attached hydrogens (tertiary/aromatic N) is 1. The molecule has 0 unspecified atom stereocenters. The van der Waals surface area contributed by atoms with Crippen LogP contribution in [0.5, 0.6) is 5.75 Å². The highest BCUT2D eigenvalue weighted by molar-refractivity contribution is 7.09. The van der Waals surface area contributed by atoms with Crippen LogP contribution in [0.3, 0.4) is 0 Å². The Labute approximate surface area is 180 Å². The third kappa shape index (κ3) is 5.97. The predicted octanol–water partition coefficient (Wildman–Crippen LogP) is 5.00. The molecule has 4 nitrogen and oxygen atoms in total. The van der Waals surface area contributed by atoms with Crippen molar-refractivity contribution in [3.8, 4) is 5.75 Å². The van der Waals surface area contributed by atoms with Gasteiger partial charge in [0.05, 0.1) is 11.6 Å². The Morgan fingerprint density at radius 3 is 2.54 bits per heavy atom. The van der Waals surface area contributed by atoms with Gasteiger partial charge in [-0.05, 0) is 35.2 Å². The van der Waals surface area contributed by atoms with Crippen molar-refractivity contribution in [1.82, 2.24) is 4.90 Å². The summed E-state index contributed by atoms with van der Waals surface area (Å²) in [6.45, 7) is 1.85. The number of nitrogens with two attached hydrogens (primary N) is 1. The summed E-state index contributed by atoms with van der Waals surface area (Å²) in [6, 6.07) is 19.0. The van der Waals surface area contributed by atoms with Gasteiger partial charge in [0.1, 0.15) is 12.4 Å². The fraction of sp³-hybridized carbons (Fsp3) is 0.190. The molecule has 1 aromatic heterocycles. The third-order valence-electron chi connectivity index (χ3n) is 4.03. The van der Waals surface area contributed by atoms with Crippen LogP contribution in [0, 0.1) is 0 Å². The molecule has 1 heterocycles. The van der Waals surface area contributed by atoms with Gasteiger partial charge in [-0.3, -0.25) is 4.79 Å². The highest BCUT2D eigenvalue weighted by atomic mass is 35.5. The summed E-state index contributed by atoms with van der Waals surface area (Å²) in [5, 5.41) is 2.41. The fourth-order valence-corrected chi connectivity index (χ4v) is 3.62. The number of thiophene rings is 1. The summed E-state index contributed by atoms with van der Waals surface area (Å²) in [5.41, 5.74) is 7.27. The minimum absolute atomic E-state index is 0. The van der Waals surface area contributed by atoms with Crippen LogP contribution in [0.15, 0.2) is 66.0 Å². The molecule has 0 aliphatic heterocycles. The molecule has 0 radical (unpaired) electrons. The van der Waals surface area contributed by atoms with Gasteiger partial charge in [-0.2, -0.15) is 0 Å². The van der Waals surface area contributed by atoms with Crippen molar-refractivity contribution >= 4 is 41.3 Å². The van der Waals surface area contributed by atoms with E-state index in [-0.39, 0.29) is 18.3 Å². The van der Waals surface area contributed by atoms with Crippen LogP contribution in [0.25, 0.3) is 0 Å². The first-order chi connectivity index (χ1) is 13.2. The van der Waals surface area contributed by atoms with Crippen molar-refractivity contribution in [3.05, 3.63) is 87.1 Å². The Balaban J connectivity index is 0.00000280. The van der Waals surface area contributed by atoms with Crippen molar-refractivity contribution in [3.63, 3.8) is 0 Å². The normalized spacial score (nSPS) is 10.2. The number of benzene rings is 2. The van der Waals surface area contributed by atoms with Crippen molar-refractivity contribution in [1.29, 1.82) is 0 Å². The number of carbonyl (C=O) groups is 1. The Morgan fingerprint density at radius 1 is 1.11 bits per heavy atom. The maximum Gasteiger partial charge on any atom is 0.254 e. The number of rotatable bonds is 8. The molecular formula is C21H22Cl2N2O2S. The Morgan fingerprint density at radius 2 is 1.89 bits per heavy atom. The fourth-order valence-electron chi connectivity index (χ4n) is 2.67. The zero-order valence-electron chi connectivity index (χ0n) is 15.2. The number of halogens is 2. The van der Waals surface area contributed by atoms with Crippen molar-refractivity contribution in [2.75, 3.05) is 13.1 Å². The summed E-state index contributed by atoms with van der Waals surface area (Å²) >= 11 is 7.96. The summed E-state index contributed by atoms with van der Waals surface area (Å²) in [6.07, 6.45) is 0. The lowest BCUT2D eigenvalue weighted by atomic mass is 10.2. The quantitative estimate of drug-likeness (QED) is 0.540. The SMILES string of the molecule is Cl.NCCN(Cc1cccs1)C(=O)c1ccc(OCc2ccccc2)c(Cl)c1. The van der Waals surface area contributed by atoms with Gasteiger partial charge in [-0.25, -0.2) is 0 Å². The van der Waals surface area contributed by atoms with Crippen molar-refractivity contribution in [2.24, 2.45) is 5.73 Å². The van der Waals surface area contributed by atoms with E-state index < -0.39 is 0 Å². The van der Waals surface area contributed by atoms with E-state index in [2.05, 4.69) is 0 Å². The topological polar surface area (TPSA) is 55.6 Å². The first-order valence-corrected chi connectivity index (χ1v) is 9.91. The number of amides is 1. The Kier molecular flexibility index (Phi) is 8.80. The average molecular weight is 437 g/mol. The van der Waals surface area contributed by atoms with E-state index in [4.69, 9.17) is 22.1 Å². The maximum absolute atomic E-state index is 12.9. The summed E-state index contributed by atoms with van der Waals surface area (Å²) in [4.78, 5) is 15.7. The number of hydrogen-bond donors (Lipinski definition) is 1. The molecule has 1 amide bonds. The maximum atomic E-state index is 12.9. The van der Waals surface area contributed by atoms with E-state index in [0.717, 1.165) is 10.4 Å². The highest BCUT2D eigenvalue weighted by Crippen LogP contribution is 2.27. The second-order valence-electron chi connectivity index (χ2n) is 6.01. The largest absolute Gasteiger partial charge is 0.487 e. The molecular weight excluding hydrogens is 415 g/mol. The zero-order valence-corrected chi connectivity index (χ0v) is 17.6. The lowest BCUT2D eigenvalue weighted by molar-refractivity contribution is 0.0750. The van der Waals surface area contributed by atoms with E-state index in [1.54, 1.807) is 34.4 Å². The molecule has 3 aromatic rings. The van der Waals surface area contributed by atoms with Crippen molar-refractivity contribution < 1.29 is 9.53 Å². The molecule has 0 saturated heterocycles. The van der Waals surface area contributed by atoms with Gasteiger partial charge in [0, 0.05) is 23.5 Å². The average Bonchev–Trinajstić information content (AvgIpc) is 3.20. The summed E-state index contributed by atoms with van der Waals surface area (Å²) in [7, 11) is 0. The summed E-state index contributed by atoms with van der Waals surface area (Å²) < 4.78 is 5.78. The molecule has 28 heavy (non-hydrogen) atoms. The molecule has 3 rings (SSSR count). The van der Waals surface area contributed by atoms with E-state index in [1.807, 2.05) is 47.8 Å². The number of carbonyl (C=O) groups excluding carboxylic acids is 1. The van der Waals surface area contributed by atoms with Crippen LogP contribution in [0.4, 0.5) is 0 Å². The van der Waals surface area contributed by atoms with Gasteiger partial charge in [0.25, 0.3) is 5.91 Å². The predicted molar refractivity (Wildman–Crippen MR) is 118 cm³/mol. The third-order valence-corrected chi connectivity index (χ3v) is 5.19. The molecule has 0 aliphatic rings. The number of hydrogen-bond acceptors (Lipinski definition) is 4. The van der Waals surface area contributed by atoms with E-state index in [0.29, 0.717) is 42.6 Å². The van der Waals surface area contributed by atoms with Crippen molar-refractivity contribution in [2.45, 2.75) is 13.2 Å². The Hall–Kier alpha value is -2.05. The van der Waals surface area contributed by atoms with Gasteiger partial charge in [-0.1, -0.05) is 48.0 Å². The van der Waals surface area contributed by atoms with Crippen LogP contribution in [-0.4, -0.2) is 23.9 Å². The second-order valence-corrected chi connectivity index (χ2v) is 7.45. The molecule has 2 aromatic carbocycles. The first-order valence-electron chi connectivity index (χ1n) is 8.65. The van der Waals surface area contributed by atoms with Gasteiger partial charge in [0.15, 0.2) is 0 Å². The molecule has 2 N–H and O–H groups in total. The van der Waals surface area contributed by atoms with Crippen LogP contribution in [0.2, 0.25) is 5.02 Å².